The van der Waals surface area contributed by atoms with E-state index in [1.807, 2.05) is 30.5 Å². The molecule has 0 aliphatic carbocycles. The van der Waals surface area contributed by atoms with Gasteiger partial charge < -0.3 is 9.67 Å². The molecule has 0 saturated heterocycles. The second-order valence-corrected chi connectivity index (χ2v) is 5.87. The summed E-state index contributed by atoms with van der Waals surface area (Å²) >= 11 is 0. The minimum Gasteiger partial charge on any atom is -0.395 e. The molecule has 0 aliphatic rings. The van der Waals surface area contributed by atoms with Crippen molar-refractivity contribution in [3.8, 4) is 0 Å². The van der Waals surface area contributed by atoms with Crippen molar-refractivity contribution in [3.63, 3.8) is 0 Å². The van der Waals surface area contributed by atoms with E-state index in [2.05, 4.69) is 51.5 Å². The number of nitrogens with zero attached hydrogens (tertiary/aromatic N) is 3. The van der Waals surface area contributed by atoms with E-state index in [1.54, 1.807) is 0 Å². The highest BCUT2D eigenvalue weighted by Crippen LogP contribution is 2.23. The van der Waals surface area contributed by atoms with E-state index in [0.29, 0.717) is 6.54 Å². The van der Waals surface area contributed by atoms with Crippen molar-refractivity contribution < 1.29 is 5.11 Å². The lowest BCUT2D eigenvalue weighted by atomic mass is 10.1. The number of benzene rings is 1. The summed E-state index contributed by atoms with van der Waals surface area (Å²) < 4.78 is 2.22. The van der Waals surface area contributed by atoms with Crippen LogP contribution >= 0.6 is 0 Å². The van der Waals surface area contributed by atoms with Crippen molar-refractivity contribution in [1.82, 2.24) is 14.5 Å². The SMILES string of the molecule is C=CCn1cc(CN(CCO)Cc2ccccn2)c2ccccc21. The molecule has 1 N–H and O–H groups in total. The van der Waals surface area contributed by atoms with Gasteiger partial charge in [0.05, 0.1) is 12.3 Å². The van der Waals surface area contributed by atoms with Crippen molar-refractivity contribution in [3.05, 3.63) is 78.8 Å². The molecule has 24 heavy (non-hydrogen) atoms. The second kappa shape index (κ2) is 7.90. The van der Waals surface area contributed by atoms with E-state index in [-0.39, 0.29) is 6.61 Å². The average Bonchev–Trinajstić information content (AvgIpc) is 2.94. The van der Waals surface area contributed by atoms with Gasteiger partial charge in [-0.3, -0.25) is 9.88 Å². The van der Waals surface area contributed by atoms with Gasteiger partial charge in [0.15, 0.2) is 0 Å². The fourth-order valence-electron chi connectivity index (χ4n) is 3.06. The van der Waals surface area contributed by atoms with Crippen LogP contribution in [0.1, 0.15) is 11.3 Å². The summed E-state index contributed by atoms with van der Waals surface area (Å²) in [7, 11) is 0. The third-order valence-corrected chi connectivity index (χ3v) is 4.12. The van der Waals surface area contributed by atoms with Crippen LogP contribution in [0.4, 0.5) is 0 Å². The van der Waals surface area contributed by atoms with Gasteiger partial charge >= 0.3 is 0 Å². The lowest BCUT2D eigenvalue weighted by Gasteiger charge is -2.20. The van der Waals surface area contributed by atoms with Gasteiger partial charge in [0, 0.05) is 49.5 Å². The van der Waals surface area contributed by atoms with Gasteiger partial charge in [0.2, 0.25) is 0 Å². The molecule has 0 radical (unpaired) electrons. The first kappa shape index (κ1) is 16.4. The van der Waals surface area contributed by atoms with Crippen LogP contribution in [0.5, 0.6) is 0 Å². The van der Waals surface area contributed by atoms with Gasteiger partial charge in [-0.25, -0.2) is 0 Å². The molecular weight excluding hydrogens is 298 g/mol. The Morgan fingerprint density at radius 1 is 1.12 bits per heavy atom. The molecule has 0 aliphatic heterocycles. The van der Waals surface area contributed by atoms with E-state index in [4.69, 9.17) is 0 Å². The number of aliphatic hydroxyl groups excluding tert-OH is 1. The van der Waals surface area contributed by atoms with Crippen LogP contribution in [0.2, 0.25) is 0 Å². The molecule has 0 bridgehead atoms. The van der Waals surface area contributed by atoms with Gasteiger partial charge in [-0.2, -0.15) is 0 Å². The monoisotopic (exact) mass is 321 g/mol. The van der Waals surface area contributed by atoms with Crippen molar-refractivity contribution >= 4 is 10.9 Å². The smallest absolute Gasteiger partial charge is 0.0558 e. The molecule has 4 heteroatoms. The van der Waals surface area contributed by atoms with E-state index in [1.165, 1.54) is 16.5 Å². The normalized spacial score (nSPS) is 11.2. The highest BCUT2D eigenvalue weighted by Gasteiger charge is 2.12. The Bertz CT molecular complexity index is 795. The Kier molecular flexibility index (Phi) is 5.41. The predicted octanol–water partition coefficient (Wildman–Crippen LogP) is 3.22. The molecular formula is C20H23N3O. The molecule has 3 aromatic rings. The zero-order valence-electron chi connectivity index (χ0n) is 13.8. The van der Waals surface area contributed by atoms with Gasteiger partial charge in [-0.05, 0) is 23.8 Å². The number of aromatic nitrogens is 2. The molecule has 3 rings (SSSR count). The van der Waals surface area contributed by atoms with Gasteiger partial charge in [0.25, 0.3) is 0 Å². The van der Waals surface area contributed by atoms with Crippen molar-refractivity contribution in [2.24, 2.45) is 0 Å². The third-order valence-electron chi connectivity index (χ3n) is 4.12. The van der Waals surface area contributed by atoms with Gasteiger partial charge in [-0.15, -0.1) is 6.58 Å². The summed E-state index contributed by atoms with van der Waals surface area (Å²) in [5, 5.41) is 10.7. The maximum Gasteiger partial charge on any atom is 0.0558 e. The summed E-state index contributed by atoms with van der Waals surface area (Å²) in [4.78, 5) is 6.62. The Balaban J connectivity index is 1.86. The van der Waals surface area contributed by atoms with Crippen LogP contribution in [-0.4, -0.2) is 32.7 Å². The van der Waals surface area contributed by atoms with Crippen molar-refractivity contribution in [1.29, 1.82) is 0 Å². The number of pyridine rings is 1. The zero-order valence-corrected chi connectivity index (χ0v) is 13.8. The van der Waals surface area contributed by atoms with Crippen LogP contribution in [0.3, 0.4) is 0 Å². The molecule has 0 spiro atoms. The van der Waals surface area contributed by atoms with E-state index in [9.17, 15) is 5.11 Å². The van der Waals surface area contributed by atoms with Crippen LogP contribution < -0.4 is 0 Å². The fraction of sp³-hybridized carbons (Fsp3) is 0.250. The maximum atomic E-state index is 9.41. The number of aliphatic hydroxyl groups is 1. The maximum absolute atomic E-state index is 9.41. The number of hydrogen-bond donors (Lipinski definition) is 1. The average molecular weight is 321 g/mol. The first-order chi connectivity index (χ1) is 11.8. The summed E-state index contributed by atoms with van der Waals surface area (Å²) in [6.07, 6.45) is 5.91. The highest BCUT2D eigenvalue weighted by molar-refractivity contribution is 5.84. The predicted molar refractivity (Wildman–Crippen MR) is 97.6 cm³/mol. The summed E-state index contributed by atoms with van der Waals surface area (Å²) in [6, 6.07) is 14.4. The van der Waals surface area contributed by atoms with Crippen LogP contribution in [0.15, 0.2) is 67.5 Å². The number of fused-ring (bicyclic) bond motifs is 1. The van der Waals surface area contributed by atoms with Gasteiger partial charge in [-0.1, -0.05) is 30.3 Å². The Labute approximate surface area is 142 Å². The topological polar surface area (TPSA) is 41.3 Å². The zero-order chi connectivity index (χ0) is 16.8. The quantitative estimate of drug-likeness (QED) is 0.648. The molecule has 1 aromatic carbocycles. The molecule has 0 amide bonds. The third kappa shape index (κ3) is 3.72. The molecule has 0 atom stereocenters. The van der Waals surface area contributed by atoms with Crippen molar-refractivity contribution in [2.75, 3.05) is 13.2 Å². The minimum atomic E-state index is 0.137. The molecule has 2 aromatic heterocycles. The standard InChI is InChI=1S/C20H23N3O/c1-2-11-23-15-17(19-8-3-4-9-20(19)23)14-22(12-13-24)16-18-7-5-6-10-21-18/h2-10,15,24H,1,11-14,16H2. The van der Waals surface area contributed by atoms with Crippen LogP contribution in [-0.2, 0) is 19.6 Å². The summed E-state index contributed by atoms with van der Waals surface area (Å²) in [6.45, 7) is 6.90. The highest BCUT2D eigenvalue weighted by atomic mass is 16.3. The fourth-order valence-corrected chi connectivity index (χ4v) is 3.06. The summed E-state index contributed by atoms with van der Waals surface area (Å²) in [5.41, 5.74) is 3.49. The molecule has 124 valence electrons. The van der Waals surface area contributed by atoms with E-state index in [0.717, 1.165) is 25.3 Å². The van der Waals surface area contributed by atoms with E-state index < -0.39 is 0 Å². The van der Waals surface area contributed by atoms with Crippen LogP contribution in [0, 0.1) is 0 Å². The first-order valence-electron chi connectivity index (χ1n) is 8.22. The number of para-hydroxylation sites is 1. The lowest BCUT2D eigenvalue weighted by molar-refractivity contribution is 0.183. The second-order valence-electron chi connectivity index (χ2n) is 5.87. The largest absolute Gasteiger partial charge is 0.395 e. The van der Waals surface area contributed by atoms with E-state index >= 15 is 0 Å². The molecule has 2 heterocycles. The number of allylic oxidation sites excluding steroid dienone is 1. The molecule has 4 nitrogen and oxygen atoms in total. The Morgan fingerprint density at radius 2 is 1.96 bits per heavy atom. The van der Waals surface area contributed by atoms with Crippen molar-refractivity contribution in [2.45, 2.75) is 19.6 Å². The van der Waals surface area contributed by atoms with Gasteiger partial charge in [0.1, 0.15) is 0 Å². The number of rotatable bonds is 8. The minimum absolute atomic E-state index is 0.137. The number of hydrogen-bond acceptors (Lipinski definition) is 3. The summed E-state index contributed by atoms with van der Waals surface area (Å²) in [5.74, 6) is 0. The first-order valence-corrected chi connectivity index (χ1v) is 8.22. The molecule has 0 fully saturated rings. The Morgan fingerprint density at radius 3 is 2.71 bits per heavy atom. The molecule has 0 saturated carbocycles. The Hall–Kier alpha value is -2.43. The molecule has 0 unspecified atom stereocenters. The van der Waals surface area contributed by atoms with Crippen LogP contribution in [0.25, 0.3) is 10.9 Å². The lowest BCUT2D eigenvalue weighted by Crippen LogP contribution is -2.26.